The summed E-state index contributed by atoms with van der Waals surface area (Å²) in [7, 11) is 0. The van der Waals surface area contributed by atoms with Crippen LogP contribution in [0, 0.1) is 0 Å². The number of nitrogens with one attached hydrogen (secondary N) is 1. The second kappa shape index (κ2) is 6.75. The number of alkyl halides is 3. The van der Waals surface area contributed by atoms with E-state index in [1.54, 1.807) is 4.90 Å². The Hall–Kier alpha value is -1.83. The van der Waals surface area contributed by atoms with Gasteiger partial charge in [-0.1, -0.05) is 0 Å². The number of hydrogen-bond donors (Lipinski definition) is 1. The first-order chi connectivity index (χ1) is 9.98. The molecule has 1 N–H and O–H groups in total. The third kappa shape index (κ3) is 4.32. The standard InChI is InChI=1S/C13H16F3N3O2/c14-13(15,16)10-2-1-4-17-12(10)18-5-3-11(20)19-6-8-21-9-7-19/h1-2,4H,3,5-9H2,(H,17,18). The molecule has 0 spiro atoms. The lowest BCUT2D eigenvalue weighted by atomic mass is 10.2. The zero-order chi connectivity index (χ0) is 15.3. The molecule has 1 aromatic rings. The van der Waals surface area contributed by atoms with Gasteiger partial charge in [0.15, 0.2) is 0 Å². The summed E-state index contributed by atoms with van der Waals surface area (Å²) in [5.41, 5.74) is -0.830. The fraction of sp³-hybridized carbons (Fsp3) is 0.538. The molecule has 0 saturated carbocycles. The normalized spacial score (nSPS) is 15.9. The van der Waals surface area contributed by atoms with E-state index in [0.717, 1.165) is 6.07 Å². The summed E-state index contributed by atoms with van der Waals surface area (Å²) in [6, 6.07) is 2.19. The molecule has 1 saturated heterocycles. The van der Waals surface area contributed by atoms with Crippen LogP contribution < -0.4 is 5.32 Å². The monoisotopic (exact) mass is 303 g/mol. The zero-order valence-corrected chi connectivity index (χ0v) is 11.3. The molecule has 2 heterocycles. The highest BCUT2D eigenvalue weighted by Crippen LogP contribution is 2.33. The number of rotatable bonds is 4. The molecule has 0 aromatic carbocycles. The summed E-state index contributed by atoms with van der Waals surface area (Å²) in [6.07, 6.45) is -3.07. The largest absolute Gasteiger partial charge is 0.419 e. The van der Waals surface area contributed by atoms with Crippen molar-refractivity contribution in [1.82, 2.24) is 9.88 Å². The van der Waals surface area contributed by atoms with Crippen molar-refractivity contribution < 1.29 is 22.7 Å². The van der Waals surface area contributed by atoms with Gasteiger partial charge in [-0.2, -0.15) is 13.2 Å². The molecule has 1 fully saturated rings. The van der Waals surface area contributed by atoms with Gasteiger partial charge in [-0.05, 0) is 12.1 Å². The Labute approximate surface area is 120 Å². The van der Waals surface area contributed by atoms with Gasteiger partial charge < -0.3 is 15.0 Å². The van der Waals surface area contributed by atoms with E-state index in [9.17, 15) is 18.0 Å². The first-order valence-electron chi connectivity index (χ1n) is 6.60. The van der Waals surface area contributed by atoms with Crippen LogP contribution in [0.1, 0.15) is 12.0 Å². The predicted molar refractivity (Wildman–Crippen MR) is 69.7 cm³/mol. The van der Waals surface area contributed by atoms with Crippen molar-refractivity contribution in [2.24, 2.45) is 0 Å². The number of nitrogens with zero attached hydrogens (tertiary/aromatic N) is 2. The Morgan fingerprint density at radius 1 is 1.38 bits per heavy atom. The molecule has 21 heavy (non-hydrogen) atoms. The van der Waals surface area contributed by atoms with E-state index >= 15 is 0 Å². The number of amides is 1. The fourth-order valence-electron chi connectivity index (χ4n) is 2.03. The number of halogens is 3. The summed E-state index contributed by atoms with van der Waals surface area (Å²) in [6.45, 7) is 2.15. The molecule has 0 aliphatic carbocycles. The van der Waals surface area contributed by atoms with E-state index in [0.29, 0.717) is 26.3 Å². The van der Waals surface area contributed by atoms with E-state index < -0.39 is 11.7 Å². The molecule has 5 nitrogen and oxygen atoms in total. The van der Waals surface area contributed by atoms with Crippen molar-refractivity contribution in [3.63, 3.8) is 0 Å². The van der Waals surface area contributed by atoms with Crippen LogP contribution in [0.25, 0.3) is 0 Å². The minimum Gasteiger partial charge on any atom is -0.378 e. The van der Waals surface area contributed by atoms with E-state index in [2.05, 4.69) is 10.3 Å². The highest BCUT2D eigenvalue weighted by atomic mass is 19.4. The van der Waals surface area contributed by atoms with Crippen LogP contribution in [0.5, 0.6) is 0 Å². The topological polar surface area (TPSA) is 54.5 Å². The van der Waals surface area contributed by atoms with Crippen molar-refractivity contribution in [2.45, 2.75) is 12.6 Å². The Morgan fingerprint density at radius 3 is 2.76 bits per heavy atom. The van der Waals surface area contributed by atoms with Crippen LogP contribution in [-0.4, -0.2) is 48.6 Å². The average molecular weight is 303 g/mol. The average Bonchev–Trinajstić information content (AvgIpc) is 2.47. The van der Waals surface area contributed by atoms with Gasteiger partial charge in [-0.25, -0.2) is 4.98 Å². The number of ether oxygens (including phenoxy) is 1. The number of morpholine rings is 1. The van der Waals surface area contributed by atoms with Crippen LogP contribution in [0.15, 0.2) is 18.3 Å². The van der Waals surface area contributed by atoms with Gasteiger partial charge in [0, 0.05) is 32.3 Å². The number of hydrogen-bond acceptors (Lipinski definition) is 4. The van der Waals surface area contributed by atoms with Gasteiger partial charge in [-0.3, -0.25) is 4.79 Å². The SMILES string of the molecule is O=C(CCNc1ncccc1C(F)(F)F)N1CCOCC1. The minimum absolute atomic E-state index is 0.102. The third-order valence-corrected chi connectivity index (χ3v) is 3.11. The van der Waals surface area contributed by atoms with Crippen molar-refractivity contribution in [3.8, 4) is 0 Å². The first-order valence-corrected chi connectivity index (χ1v) is 6.60. The van der Waals surface area contributed by atoms with Gasteiger partial charge in [0.25, 0.3) is 0 Å². The molecule has 0 unspecified atom stereocenters. The maximum atomic E-state index is 12.8. The number of carbonyl (C=O) groups is 1. The molecule has 0 atom stereocenters. The van der Waals surface area contributed by atoms with Crippen LogP contribution in [-0.2, 0) is 15.7 Å². The molecule has 8 heteroatoms. The van der Waals surface area contributed by atoms with E-state index in [4.69, 9.17) is 4.74 Å². The molecule has 1 aliphatic heterocycles. The maximum Gasteiger partial charge on any atom is 0.419 e. The summed E-state index contributed by atoms with van der Waals surface area (Å²) in [5, 5.41) is 2.58. The molecule has 1 aliphatic rings. The summed E-state index contributed by atoms with van der Waals surface area (Å²) < 4.78 is 43.4. The number of carbonyl (C=O) groups excluding carboxylic acids is 1. The van der Waals surface area contributed by atoms with Crippen LogP contribution in [0.4, 0.5) is 19.0 Å². The quantitative estimate of drug-likeness (QED) is 0.921. The third-order valence-electron chi connectivity index (χ3n) is 3.11. The van der Waals surface area contributed by atoms with Crippen molar-refractivity contribution in [1.29, 1.82) is 0 Å². The Bertz CT molecular complexity index is 488. The Balaban J connectivity index is 1.87. The van der Waals surface area contributed by atoms with Gasteiger partial charge in [0.1, 0.15) is 5.82 Å². The first kappa shape index (κ1) is 15.6. The fourth-order valence-corrected chi connectivity index (χ4v) is 2.03. The highest BCUT2D eigenvalue weighted by molar-refractivity contribution is 5.76. The lowest BCUT2D eigenvalue weighted by molar-refractivity contribution is -0.137. The van der Waals surface area contributed by atoms with Crippen LogP contribution in [0.2, 0.25) is 0 Å². The van der Waals surface area contributed by atoms with Crippen LogP contribution in [0.3, 0.4) is 0 Å². The lowest BCUT2D eigenvalue weighted by Crippen LogP contribution is -2.41. The van der Waals surface area contributed by atoms with Crippen molar-refractivity contribution >= 4 is 11.7 Å². The smallest absolute Gasteiger partial charge is 0.378 e. The van der Waals surface area contributed by atoms with Gasteiger partial charge >= 0.3 is 6.18 Å². The summed E-state index contributed by atoms with van der Waals surface area (Å²) in [5.74, 6) is -0.352. The second-order valence-electron chi connectivity index (χ2n) is 4.57. The lowest BCUT2D eigenvalue weighted by Gasteiger charge is -2.27. The molecule has 0 bridgehead atoms. The van der Waals surface area contributed by atoms with Crippen LogP contribution >= 0.6 is 0 Å². The number of anilines is 1. The van der Waals surface area contributed by atoms with Gasteiger partial charge in [-0.15, -0.1) is 0 Å². The Kier molecular flexibility index (Phi) is 5.00. The summed E-state index contributed by atoms with van der Waals surface area (Å²) in [4.78, 5) is 17.2. The highest BCUT2D eigenvalue weighted by Gasteiger charge is 2.34. The molecule has 116 valence electrons. The van der Waals surface area contributed by atoms with E-state index in [-0.39, 0.29) is 24.7 Å². The second-order valence-corrected chi connectivity index (χ2v) is 4.57. The zero-order valence-electron chi connectivity index (χ0n) is 11.3. The van der Waals surface area contributed by atoms with E-state index in [1.807, 2.05) is 0 Å². The predicted octanol–water partition coefficient (Wildman–Crippen LogP) is 1.76. The van der Waals surface area contributed by atoms with Gasteiger partial charge in [0.2, 0.25) is 5.91 Å². The molecule has 1 aromatic heterocycles. The van der Waals surface area contributed by atoms with Gasteiger partial charge in [0.05, 0.1) is 18.8 Å². The van der Waals surface area contributed by atoms with Crippen molar-refractivity contribution in [2.75, 3.05) is 38.2 Å². The maximum absolute atomic E-state index is 12.8. The van der Waals surface area contributed by atoms with Crippen molar-refractivity contribution in [3.05, 3.63) is 23.9 Å². The molecule has 1 amide bonds. The number of pyridine rings is 1. The summed E-state index contributed by atoms with van der Waals surface area (Å²) >= 11 is 0. The van der Waals surface area contributed by atoms with E-state index in [1.165, 1.54) is 12.3 Å². The number of aromatic nitrogens is 1. The molecular formula is C13H16F3N3O2. The Morgan fingerprint density at radius 2 is 2.10 bits per heavy atom. The molecule has 0 radical (unpaired) electrons. The minimum atomic E-state index is -4.47. The molecule has 2 rings (SSSR count). The molecular weight excluding hydrogens is 287 g/mol.